The van der Waals surface area contributed by atoms with Gasteiger partial charge in [0, 0.05) is 30.2 Å². The minimum Gasteiger partial charge on any atom is -0.339 e. The molecule has 3 aromatic carbocycles. The number of rotatable bonds is 7. The topological polar surface area (TPSA) is 115 Å². The van der Waals surface area contributed by atoms with Crippen molar-refractivity contribution in [1.82, 2.24) is 30.8 Å². The molecule has 0 atom stereocenters. The highest BCUT2D eigenvalue weighted by atomic mass is 19.1. The molecule has 0 aliphatic rings. The maximum Gasteiger partial charge on any atom is 0.273 e. The molecular formula is C27H21FN6O3. The van der Waals surface area contributed by atoms with Crippen molar-refractivity contribution in [2.75, 3.05) is 0 Å². The monoisotopic (exact) mass is 496 g/mol. The second-order valence-electron chi connectivity index (χ2n) is 8.06. The number of carbonyl (C=O) groups is 2. The number of aromatic nitrogens is 4. The average molecular weight is 497 g/mol. The first kappa shape index (κ1) is 23.6. The van der Waals surface area contributed by atoms with E-state index in [1.54, 1.807) is 10.9 Å². The molecule has 5 aromatic rings. The largest absolute Gasteiger partial charge is 0.339 e. The SMILES string of the molecule is O=C(CCc1nc(-c2ccc(F)cc2)no1)NNC(=O)c1cn(-c2ccccc2)nc1-c1ccccc1. The first-order chi connectivity index (χ1) is 18.1. The quantitative estimate of drug-likeness (QED) is 0.328. The van der Waals surface area contributed by atoms with E-state index in [0.717, 1.165) is 11.3 Å². The predicted molar refractivity (Wildman–Crippen MR) is 133 cm³/mol. The van der Waals surface area contributed by atoms with Crippen LogP contribution in [-0.4, -0.2) is 31.7 Å². The average Bonchev–Trinajstić information content (AvgIpc) is 3.60. The third-order valence-electron chi connectivity index (χ3n) is 5.48. The van der Waals surface area contributed by atoms with E-state index >= 15 is 0 Å². The van der Waals surface area contributed by atoms with Gasteiger partial charge in [-0.25, -0.2) is 9.07 Å². The number of hydrazine groups is 1. The smallest absolute Gasteiger partial charge is 0.273 e. The van der Waals surface area contributed by atoms with Crippen molar-refractivity contribution in [2.45, 2.75) is 12.8 Å². The van der Waals surface area contributed by atoms with Gasteiger partial charge in [-0.3, -0.25) is 20.4 Å². The fraction of sp³-hybridized carbons (Fsp3) is 0.0741. The fourth-order valence-electron chi connectivity index (χ4n) is 3.61. The molecule has 37 heavy (non-hydrogen) atoms. The summed E-state index contributed by atoms with van der Waals surface area (Å²) in [6, 6.07) is 24.4. The molecular weight excluding hydrogens is 475 g/mol. The lowest BCUT2D eigenvalue weighted by atomic mass is 10.1. The highest BCUT2D eigenvalue weighted by Crippen LogP contribution is 2.23. The van der Waals surface area contributed by atoms with E-state index in [-0.39, 0.29) is 24.5 Å². The van der Waals surface area contributed by atoms with Gasteiger partial charge in [0.05, 0.1) is 11.3 Å². The maximum absolute atomic E-state index is 13.1. The molecule has 0 unspecified atom stereocenters. The van der Waals surface area contributed by atoms with Crippen molar-refractivity contribution in [3.05, 3.63) is 108 Å². The molecule has 184 valence electrons. The summed E-state index contributed by atoms with van der Waals surface area (Å²) in [5.41, 5.74) is 7.81. The summed E-state index contributed by atoms with van der Waals surface area (Å²) in [4.78, 5) is 29.6. The summed E-state index contributed by atoms with van der Waals surface area (Å²) in [5.74, 6) is -0.768. The Labute approximate surface area is 210 Å². The van der Waals surface area contributed by atoms with Gasteiger partial charge in [0.25, 0.3) is 5.91 Å². The lowest BCUT2D eigenvalue weighted by Gasteiger charge is -2.07. The molecule has 9 nitrogen and oxygen atoms in total. The van der Waals surface area contributed by atoms with E-state index in [4.69, 9.17) is 4.52 Å². The van der Waals surface area contributed by atoms with Crippen LogP contribution in [0.1, 0.15) is 22.7 Å². The number of benzene rings is 3. The van der Waals surface area contributed by atoms with E-state index < -0.39 is 11.8 Å². The Kier molecular flexibility index (Phi) is 6.80. The first-order valence-electron chi connectivity index (χ1n) is 11.4. The van der Waals surface area contributed by atoms with Crippen molar-refractivity contribution in [3.63, 3.8) is 0 Å². The Morgan fingerprint density at radius 1 is 0.865 bits per heavy atom. The number of aryl methyl sites for hydroxylation is 1. The van der Waals surface area contributed by atoms with Crippen LogP contribution in [0.25, 0.3) is 28.3 Å². The van der Waals surface area contributed by atoms with Gasteiger partial charge < -0.3 is 4.52 Å². The van der Waals surface area contributed by atoms with Gasteiger partial charge in [-0.15, -0.1) is 0 Å². The second-order valence-corrected chi connectivity index (χ2v) is 8.06. The number of hydrogen-bond acceptors (Lipinski definition) is 6. The normalized spacial score (nSPS) is 10.7. The van der Waals surface area contributed by atoms with Gasteiger partial charge in [0.2, 0.25) is 17.6 Å². The van der Waals surface area contributed by atoms with Gasteiger partial charge >= 0.3 is 0 Å². The van der Waals surface area contributed by atoms with E-state index in [2.05, 4.69) is 26.1 Å². The van der Waals surface area contributed by atoms with Gasteiger partial charge in [-0.2, -0.15) is 10.1 Å². The van der Waals surface area contributed by atoms with Crippen LogP contribution in [0.4, 0.5) is 4.39 Å². The van der Waals surface area contributed by atoms with Crippen LogP contribution in [0.15, 0.2) is 95.6 Å². The Bertz CT molecular complexity index is 1520. The number of nitrogens with zero attached hydrogens (tertiary/aromatic N) is 4. The Morgan fingerprint density at radius 2 is 1.57 bits per heavy atom. The molecule has 0 saturated carbocycles. The van der Waals surface area contributed by atoms with Crippen LogP contribution in [0.3, 0.4) is 0 Å². The molecule has 2 amide bonds. The maximum atomic E-state index is 13.1. The van der Waals surface area contributed by atoms with Crippen molar-refractivity contribution in [2.24, 2.45) is 0 Å². The zero-order valence-corrected chi connectivity index (χ0v) is 19.5. The standard InChI is InChI=1S/C27H21FN6O3/c28-20-13-11-19(12-14-20)26-29-24(37-33-26)16-15-23(35)30-31-27(36)22-17-34(21-9-5-2-6-10-21)32-25(22)18-7-3-1-4-8-18/h1-14,17H,15-16H2,(H,30,35)(H,31,36). The van der Waals surface area contributed by atoms with Crippen LogP contribution in [0.2, 0.25) is 0 Å². The number of nitrogens with one attached hydrogen (secondary N) is 2. The summed E-state index contributed by atoms with van der Waals surface area (Å²) in [5, 5.41) is 8.46. The van der Waals surface area contributed by atoms with Gasteiger partial charge in [0.15, 0.2) is 0 Å². The van der Waals surface area contributed by atoms with E-state index in [0.29, 0.717) is 22.6 Å². The molecule has 5 rings (SSSR count). The zero-order chi connectivity index (χ0) is 25.6. The van der Waals surface area contributed by atoms with E-state index in [1.165, 1.54) is 24.3 Å². The second kappa shape index (κ2) is 10.6. The molecule has 0 aliphatic heterocycles. The van der Waals surface area contributed by atoms with E-state index in [9.17, 15) is 14.0 Å². The lowest BCUT2D eigenvalue weighted by molar-refractivity contribution is -0.121. The number of carbonyl (C=O) groups excluding carboxylic acids is 2. The number of amides is 2. The summed E-state index contributed by atoms with van der Waals surface area (Å²) in [7, 11) is 0. The summed E-state index contributed by atoms with van der Waals surface area (Å²) in [6.45, 7) is 0. The van der Waals surface area contributed by atoms with Crippen LogP contribution in [0, 0.1) is 5.82 Å². The molecule has 10 heteroatoms. The number of para-hydroxylation sites is 1. The van der Waals surface area contributed by atoms with Gasteiger partial charge in [-0.05, 0) is 36.4 Å². The van der Waals surface area contributed by atoms with Crippen molar-refractivity contribution < 1.29 is 18.5 Å². The third kappa shape index (κ3) is 5.59. The minimum atomic E-state index is -0.509. The first-order valence-corrected chi connectivity index (χ1v) is 11.4. The lowest BCUT2D eigenvalue weighted by Crippen LogP contribution is -2.41. The molecule has 2 heterocycles. The van der Waals surface area contributed by atoms with Gasteiger partial charge in [0.1, 0.15) is 11.5 Å². The van der Waals surface area contributed by atoms with Crippen LogP contribution >= 0.6 is 0 Å². The van der Waals surface area contributed by atoms with Crippen molar-refractivity contribution in [1.29, 1.82) is 0 Å². The number of halogens is 1. The molecule has 0 spiro atoms. The molecule has 0 fully saturated rings. The highest BCUT2D eigenvalue weighted by molar-refractivity contribution is 6.00. The zero-order valence-electron chi connectivity index (χ0n) is 19.5. The summed E-state index contributed by atoms with van der Waals surface area (Å²) < 4.78 is 19.9. The Balaban J connectivity index is 1.23. The molecule has 0 bridgehead atoms. The van der Waals surface area contributed by atoms with Crippen molar-refractivity contribution >= 4 is 11.8 Å². The predicted octanol–water partition coefficient (Wildman–Crippen LogP) is 4.12. The van der Waals surface area contributed by atoms with Crippen LogP contribution in [-0.2, 0) is 11.2 Å². The number of hydrogen-bond donors (Lipinski definition) is 2. The molecule has 0 aliphatic carbocycles. The fourth-order valence-corrected chi connectivity index (χ4v) is 3.61. The molecule has 0 saturated heterocycles. The Morgan fingerprint density at radius 3 is 2.30 bits per heavy atom. The minimum absolute atomic E-state index is 0.000150. The molecule has 2 N–H and O–H groups in total. The third-order valence-corrected chi connectivity index (χ3v) is 5.48. The summed E-state index contributed by atoms with van der Waals surface area (Å²) >= 11 is 0. The van der Waals surface area contributed by atoms with Crippen molar-refractivity contribution in [3.8, 4) is 28.3 Å². The molecule has 2 aromatic heterocycles. The van der Waals surface area contributed by atoms with Gasteiger partial charge in [-0.1, -0.05) is 53.7 Å². The Hall–Kier alpha value is -5.12. The van der Waals surface area contributed by atoms with E-state index in [1.807, 2.05) is 60.7 Å². The van der Waals surface area contributed by atoms with Crippen LogP contribution < -0.4 is 10.9 Å². The highest BCUT2D eigenvalue weighted by Gasteiger charge is 2.19. The molecule has 0 radical (unpaired) electrons. The van der Waals surface area contributed by atoms with Crippen LogP contribution in [0.5, 0.6) is 0 Å². The summed E-state index contributed by atoms with van der Waals surface area (Å²) in [6.07, 6.45) is 1.78.